The zero-order valence-corrected chi connectivity index (χ0v) is 15.3. The summed E-state index contributed by atoms with van der Waals surface area (Å²) in [6.45, 7) is 5.85. The molecule has 2 amide bonds. The molecule has 3 N–H and O–H groups in total. The number of hydrazone groups is 1. The molecule has 0 aliphatic carbocycles. The highest BCUT2D eigenvalue weighted by Gasteiger charge is 2.30. The van der Waals surface area contributed by atoms with Crippen LogP contribution in [0.1, 0.15) is 63.6 Å². The fourth-order valence-corrected chi connectivity index (χ4v) is 2.73. The molecule has 0 bridgehead atoms. The smallest absolute Gasteiger partial charge is 0.282 e. The highest BCUT2D eigenvalue weighted by atomic mass is 16.2. The average Bonchev–Trinajstić information content (AvgIpc) is 2.96. The van der Waals surface area contributed by atoms with Crippen LogP contribution in [0.4, 0.5) is 0 Å². The monoisotopic (exact) mass is 344 g/mol. The summed E-state index contributed by atoms with van der Waals surface area (Å²) in [5, 5.41) is 3.77. The molecule has 0 radical (unpaired) electrons. The van der Waals surface area contributed by atoms with E-state index in [9.17, 15) is 9.59 Å². The van der Waals surface area contributed by atoms with Crippen LogP contribution in [0.15, 0.2) is 29.4 Å². The van der Waals surface area contributed by atoms with Crippen molar-refractivity contribution in [1.29, 1.82) is 0 Å². The SMILES string of the molecule is CCCCCCc1ccc([C@H](C)NNC(=O)C2=NNC(=O)[C@H]2C)cc1. The molecule has 0 saturated heterocycles. The van der Waals surface area contributed by atoms with Gasteiger partial charge in [0.15, 0.2) is 0 Å². The molecule has 0 aromatic heterocycles. The molecular formula is C19H28N4O2. The molecule has 1 aromatic rings. The maximum absolute atomic E-state index is 12.1. The molecule has 6 nitrogen and oxygen atoms in total. The number of hydrogen-bond acceptors (Lipinski definition) is 4. The van der Waals surface area contributed by atoms with Gasteiger partial charge in [0, 0.05) is 6.04 Å². The number of carbonyl (C=O) groups is 2. The Morgan fingerprint density at radius 1 is 1.24 bits per heavy atom. The summed E-state index contributed by atoms with van der Waals surface area (Å²) in [5.74, 6) is -1.16. The number of rotatable bonds is 9. The molecule has 25 heavy (non-hydrogen) atoms. The Bertz CT molecular complexity index is 625. The molecule has 1 aliphatic heterocycles. The summed E-state index contributed by atoms with van der Waals surface area (Å²) in [6, 6.07) is 8.42. The van der Waals surface area contributed by atoms with Crippen molar-refractivity contribution in [2.24, 2.45) is 11.0 Å². The van der Waals surface area contributed by atoms with Crippen LogP contribution in [0.5, 0.6) is 0 Å². The van der Waals surface area contributed by atoms with Crippen LogP contribution >= 0.6 is 0 Å². The van der Waals surface area contributed by atoms with Crippen LogP contribution in [-0.4, -0.2) is 17.5 Å². The third-order valence-corrected chi connectivity index (χ3v) is 4.52. The number of nitrogens with zero attached hydrogens (tertiary/aromatic N) is 1. The van der Waals surface area contributed by atoms with Gasteiger partial charge in [0.2, 0.25) is 5.91 Å². The second kappa shape index (κ2) is 9.32. The molecule has 1 aliphatic rings. The Morgan fingerprint density at radius 3 is 2.56 bits per heavy atom. The van der Waals surface area contributed by atoms with Crippen molar-refractivity contribution in [3.05, 3.63) is 35.4 Å². The first-order valence-electron chi connectivity index (χ1n) is 9.05. The summed E-state index contributed by atoms with van der Waals surface area (Å²) in [5.41, 5.74) is 10.5. The third-order valence-electron chi connectivity index (χ3n) is 4.52. The van der Waals surface area contributed by atoms with Crippen LogP contribution in [0.3, 0.4) is 0 Å². The van der Waals surface area contributed by atoms with Gasteiger partial charge in [0.25, 0.3) is 5.91 Å². The average molecular weight is 344 g/mol. The molecule has 136 valence electrons. The van der Waals surface area contributed by atoms with Gasteiger partial charge in [-0.15, -0.1) is 0 Å². The highest BCUT2D eigenvalue weighted by Crippen LogP contribution is 2.15. The van der Waals surface area contributed by atoms with Crippen LogP contribution in [-0.2, 0) is 16.0 Å². The second-order valence-corrected chi connectivity index (χ2v) is 6.57. The molecular weight excluding hydrogens is 316 g/mol. The van der Waals surface area contributed by atoms with Gasteiger partial charge in [-0.1, -0.05) is 50.5 Å². The van der Waals surface area contributed by atoms with Crippen molar-refractivity contribution < 1.29 is 9.59 Å². The van der Waals surface area contributed by atoms with E-state index in [1.807, 2.05) is 6.92 Å². The van der Waals surface area contributed by atoms with E-state index in [1.165, 1.54) is 31.2 Å². The zero-order valence-electron chi connectivity index (χ0n) is 15.3. The Labute approximate surface area is 149 Å². The number of benzene rings is 1. The summed E-state index contributed by atoms with van der Waals surface area (Å²) < 4.78 is 0. The van der Waals surface area contributed by atoms with Crippen LogP contribution < -0.4 is 16.3 Å². The lowest BCUT2D eigenvalue weighted by atomic mass is 10.0. The van der Waals surface area contributed by atoms with Crippen molar-refractivity contribution in [2.75, 3.05) is 0 Å². The van der Waals surface area contributed by atoms with Gasteiger partial charge in [-0.2, -0.15) is 5.10 Å². The largest absolute Gasteiger partial charge is 0.286 e. The van der Waals surface area contributed by atoms with E-state index in [0.29, 0.717) is 0 Å². The number of aryl methyl sites for hydroxylation is 1. The fraction of sp³-hybridized carbons (Fsp3) is 0.526. The normalized spacial score (nSPS) is 17.8. The number of nitrogens with one attached hydrogen (secondary N) is 3. The lowest BCUT2D eigenvalue weighted by Crippen LogP contribution is -2.44. The Morgan fingerprint density at radius 2 is 1.96 bits per heavy atom. The fourth-order valence-electron chi connectivity index (χ4n) is 2.73. The number of carbonyl (C=O) groups excluding carboxylic acids is 2. The second-order valence-electron chi connectivity index (χ2n) is 6.57. The quantitative estimate of drug-likeness (QED) is 0.476. The van der Waals surface area contributed by atoms with E-state index in [1.54, 1.807) is 6.92 Å². The van der Waals surface area contributed by atoms with E-state index < -0.39 is 5.92 Å². The number of hydrazine groups is 1. The highest BCUT2D eigenvalue weighted by molar-refractivity contribution is 6.44. The van der Waals surface area contributed by atoms with E-state index in [4.69, 9.17) is 0 Å². The molecule has 1 aromatic carbocycles. The molecule has 2 rings (SSSR count). The van der Waals surface area contributed by atoms with Crippen molar-refractivity contribution in [3.8, 4) is 0 Å². The first-order valence-corrected chi connectivity index (χ1v) is 9.05. The van der Waals surface area contributed by atoms with Crippen molar-refractivity contribution in [3.63, 3.8) is 0 Å². The standard InChI is InChI=1S/C19H28N4O2/c1-4-5-6-7-8-15-9-11-16(12-10-15)14(3)20-23-19(25)17-13(2)18(24)22-21-17/h9-14,20H,4-8H2,1-3H3,(H,22,24)(H,23,25)/t13-,14-/m0/s1. The van der Waals surface area contributed by atoms with Crippen molar-refractivity contribution in [2.45, 2.75) is 58.9 Å². The lowest BCUT2D eigenvalue weighted by molar-refractivity contribution is -0.122. The van der Waals surface area contributed by atoms with Gasteiger partial charge in [0.1, 0.15) is 5.71 Å². The first-order chi connectivity index (χ1) is 12.0. The minimum atomic E-state index is -0.524. The number of unbranched alkanes of at least 4 members (excludes halogenated alkanes) is 3. The van der Waals surface area contributed by atoms with E-state index in [2.05, 4.69) is 52.6 Å². The summed E-state index contributed by atoms with van der Waals surface area (Å²) in [6.07, 6.45) is 6.16. The predicted octanol–water partition coefficient (Wildman–Crippen LogP) is 2.61. The van der Waals surface area contributed by atoms with E-state index in [0.717, 1.165) is 12.0 Å². The summed E-state index contributed by atoms with van der Waals surface area (Å²) >= 11 is 0. The minimum Gasteiger partial charge on any atom is -0.286 e. The van der Waals surface area contributed by atoms with Gasteiger partial charge >= 0.3 is 0 Å². The van der Waals surface area contributed by atoms with Gasteiger partial charge < -0.3 is 0 Å². The van der Waals surface area contributed by atoms with E-state index in [-0.39, 0.29) is 23.6 Å². The molecule has 2 atom stereocenters. The molecule has 0 unspecified atom stereocenters. The predicted molar refractivity (Wildman–Crippen MR) is 98.7 cm³/mol. The Kier molecular flexibility index (Phi) is 7.13. The lowest BCUT2D eigenvalue weighted by Gasteiger charge is -2.16. The van der Waals surface area contributed by atoms with Gasteiger partial charge in [-0.25, -0.2) is 10.9 Å². The first kappa shape index (κ1) is 19.1. The molecule has 0 saturated carbocycles. The van der Waals surface area contributed by atoms with Crippen molar-refractivity contribution >= 4 is 17.5 Å². The molecule has 6 heteroatoms. The van der Waals surface area contributed by atoms with Crippen LogP contribution in [0.2, 0.25) is 0 Å². The van der Waals surface area contributed by atoms with Crippen molar-refractivity contribution in [1.82, 2.24) is 16.3 Å². The molecule has 0 fully saturated rings. The van der Waals surface area contributed by atoms with Gasteiger partial charge in [-0.05, 0) is 37.8 Å². The molecule has 1 heterocycles. The van der Waals surface area contributed by atoms with Crippen LogP contribution in [0, 0.1) is 5.92 Å². The number of hydrogen-bond donors (Lipinski definition) is 3. The zero-order chi connectivity index (χ0) is 18.2. The van der Waals surface area contributed by atoms with Gasteiger partial charge in [-0.3, -0.25) is 15.0 Å². The number of amides is 2. The third kappa shape index (κ3) is 5.39. The Balaban J connectivity index is 1.79. The maximum Gasteiger partial charge on any atom is 0.282 e. The topological polar surface area (TPSA) is 82.6 Å². The summed E-state index contributed by atoms with van der Waals surface area (Å²) in [4.78, 5) is 23.4. The minimum absolute atomic E-state index is 0.0425. The summed E-state index contributed by atoms with van der Waals surface area (Å²) in [7, 11) is 0. The molecule has 0 spiro atoms. The Hall–Kier alpha value is -2.21. The van der Waals surface area contributed by atoms with E-state index >= 15 is 0 Å². The van der Waals surface area contributed by atoms with Crippen LogP contribution in [0.25, 0.3) is 0 Å². The van der Waals surface area contributed by atoms with Gasteiger partial charge in [0.05, 0.1) is 5.92 Å². The maximum atomic E-state index is 12.1.